The van der Waals surface area contributed by atoms with Crippen molar-refractivity contribution in [3.05, 3.63) is 35.4 Å². The monoisotopic (exact) mass is 319 g/mol. The maximum atomic E-state index is 12.2. The van der Waals surface area contributed by atoms with Gasteiger partial charge >= 0.3 is 12.0 Å². The average Bonchev–Trinajstić information content (AvgIpc) is 2.84. The summed E-state index contributed by atoms with van der Waals surface area (Å²) >= 11 is 0. The van der Waals surface area contributed by atoms with Gasteiger partial charge in [-0.3, -0.25) is 19.3 Å². The highest BCUT2D eigenvalue weighted by molar-refractivity contribution is 6.02. The Balaban J connectivity index is 2.07. The average molecular weight is 319 g/mol. The predicted octanol–water partition coefficient (Wildman–Crippen LogP) is 0.285. The standard InChI is InChI=1S/C15H17N3O5/c1-17(6-5-13(20)21)14(22)11-4-2-3-10(7-11)9-18-12(19)8-16-15(18)23/h2-4,7H,5-6,8-9H2,1H3,(H,16,23)(H,20,21). The number of carboxylic acids is 1. The minimum Gasteiger partial charge on any atom is -0.481 e. The van der Waals surface area contributed by atoms with Crippen molar-refractivity contribution in [1.82, 2.24) is 15.1 Å². The smallest absolute Gasteiger partial charge is 0.324 e. The van der Waals surface area contributed by atoms with E-state index in [0.29, 0.717) is 11.1 Å². The first kappa shape index (κ1) is 16.5. The third-order valence-electron chi connectivity index (χ3n) is 3.46. The van der Waals surface area contributed by atoms with Crippen LogP contribution >= 0.6 is 0 Å². The number of hydrogen-bond donors (Lipinski definition) is 2. The summed E-state index contributed by atoms with van der Waals surface area (Å²) in [4.78, 5) is 48.3. The summed E-state index contributed by atoms with van der Waals surface area (Å²) in [6, 6.07) is 6.12. The van der Waals surface area contributed by atoms with Gasteiger partial charge in [0.05, 0.1) is 19.5 Å². The Morgan fingerprint density at radius 1 is 1.35 bits per heavy atom. The van der Waals surface area contributed by atoms with Crippen molar-refractivity contribution in [3.8, 4) is 0 Å². The second-order valence-electron chi connectivity index (χ2n) is 5.21. The Labute approximate surface area is 132 Å². The summed E-state index contributed by atoms with van der Waals surface area (Å²) in [6.07, 6.45) is -0.135. The topological polar surface area (TPSA) is 107 Å². The molecule has 0 radical (unpaired) electrons. The number of carboxylic acid groups (broad SMARTS) is 1. The maximum absolute atomic E-state index is 12.2. The summed E-state index contributed by atoms with van der Waals surface area (Å²) in [5, 5.41) is 11.1. The van der Waals surface area contributed by atoms with Crippen LogP contribution in [0.15, 0.2) is 24.3 Å². The number of aliphatic carboxylic acids is 1. The van der Waals surface area contributed by atoms with E-state index >= 15 is 0 Å². The molecule has 4 amide bonds. The number of benzene rings is 1. The maximum Gasteiger partial charge on any atom is 0.324 e. The van der Waals surface area contributed by atoms with Crippen molar-refractivity contribution >= 4 is 23.8 Å². The van der Waals surface area contributed by atoms with E-state index < -0.39 is 12.0 Å². The number of imide groups is 1. The molecule has 23 heavy (non-hydrogen) atoms. The van der Waals surface area contributed by atoms with Crippen LogP contribution in [0.25, 0.3) is 0 Å². The Bertz CT molecular complexity index is 642. The molecule has 1 fully saturated rings. The first-order valence-corrected chi connectivity index (χ1v) is 7.03. The Morgan fingerprint density at radius 3 is 2.70 bits per heavy atom. The first-order chi connectivity index (χ1) is 10.9. The van der Waals surface area contributed by atoms with Crippen LogP contribution < -0.4 is 5.32 Å². The molecule has 122 valence electrons. The van der Waals surface area contributed by atoms with Gasteiger partial charge in [0.25, 0.3) is 5.91 Å². The fourth-order valence-corrected chi connectivity index (χ4v) is 2.19. The van der Waals surface area contributed by atoms with Crippen molar-refractivity contribution in [2.75, 3.05) is 20.1 Å². The van der Waals surface area contributed by atoms with Gasteiger partial charge in [-0.05, 0) is 17.7 Å². The van der Waals surface area contributed by atoms with Crippen LogP contribution in [0.4, 0.5) is 4.79 Å². The zero-order valence-electron chi connectivity index (χ0n) is 12.6. The van der Waals surface area contributed by atoms with Gasteiger partial charge in [0.15, 0.2) is 0 Å². The fraction of sp³-hybridized carbons (Fsp3) is 0.333. The summed E-state index contributed by atoms with van der Waals surface area (Å²) in [7, 11) is 1.52. The predicted molar refractivity (Wildman–Crippen MR) is 79.6 cm³/mol. The van der Waals surface area contributed by atoms with E-state index in [9.17, 15) is 19.2 Å². The molecule has 8 nitrogen and oxygen atoms in total. The second kappa shape index (κ2) is 6.91. The molecule has 0 atom stereocenters. The van der Waals surface area contributed by atoms with Crippen LogP contribution in [0.1, 0.15) is 22.3 Å². The highest BCUT2D eigenvalue weighted by Crippen LogP contribution is 2.12. The summed E-state index contributed by atoms with van der Waals surface area (Å²) in [5.74, 6) is -1.60. The van der Waals surface area contributed by atoms with Crippen LogP contribution in [0.5, 0.6) is 0 Å². The minimum atomic E-state index is -0.975. The van der Waals surface area contributed by atoms with Gasteiger partial charge < -0.3 is 15.3 Å². The van der Waals surface area contributed by atoms with Crippen molar-refractivity contribution in [2.45, 2.75) is 13.0 Å². The molecule has 8 heteroatoms. The lowest BCUT2D eigenvalue weighted by Gasteiger charge is -2.17. The first-order valence-electron chi connectivity index (χ1n) is 7.03. The van der Waals surface area contributed by atoms with Crippen LogP contribution in [0.2, 0.25) is 0 Å². The van der Waals surface area contributed by atoms with Crippen LogP contribution in [0, 0.1) is 0 Å². The number of amides is 4. The Hall–Kier alpha value is -2.90. The van der Waals surface area contributed by atoms with E-state index in [4.69, 9.17) is 5.11 Å². The Morgan fingerprint density at radius 2 is 2.09 bits per heavy atom. The van der Waals surface area contributed by atoms with Gasteiger partial charge in [-0.15, -0.1) is 0 Å². The molecule has 1 aliphatic rings. The SMILES string of the molecule is CN(CCC(=O)O)C(=O)c1cccc(CN2C(=O)CNC2=O)c1. The van der Waals surface area contributed by atoms with Gasteiger partial charge in [-0.1, -0.05) is 12.1 Å². The summed E-state index contributed by atoms with van der Waals surface area (Å²) in [5.41, 5.74) is 1.02. The largest absolute Gasteiger partial charge is 0.481 e. The lowest BCUT2D eigenvalue weighted by Crippen LogP contribution is -2.31. The molecule has 0 aromatic heterocycles. The molecule has 1 saturated heterocycles. The van der Waals surface area contributed by atoms with Gasteiger partial charge in [0.1, 0.15) is 0 Å². The molecule has 1 aromatic rings. The van der Waals surface area contributed by atoms with E-state index in [1.807, 2.05) is 0 Å². The highest BCUT2D eigenvalue weighted by Gasteiger charge is 2.28. The number of nitrogens with zero attached hydrogens (tertiary/aromatic N) is 2. The molecular weight excluding hydrogens is 302 g/mol. The molecule has 0 spiro atoms. The molecule has 0 bridgehead atoms. The second-order valence-corrected chi connectivity index (χ2v) is 5.21. The third-order valence-corrected chi connectivity index (χ3v) is 3.46. The van der Waals surface area contributed by atoms with Crippen molar-refractivity contribution in [3.63, 3.8) is 0 Å². The zero-order valence-corrected chi connectivity index (χ0v) is 12.6. The van der Waals surface area contributed by atoms with E-state index in [2.05, 4.69) is 5.32 Å². The van der Waals surface area contributed by atoms with Crippen LogP contribution in [0.3, 0.4) is 0 Å². The molecular formula is C15H17N3O5. The molecule has 0 unspecified atom stereocenters. The number of rotatable bonds is 6. The minimum absolute atomic E-state index is 0.0185. The van der Waals surface area contributed by atoms with E-state index in [0.717, 1.165) is 4.90 Å². The van der Waals surface area contributed by atoms with Crippen LogP contribution in [-0.2, 0) is 16.1 Å². The van der Waals surface area contributed by atoms with E-state index in [1.54, 1.807) is 24.3 Å². The van der Waals surface area contributed by atoms with Crippen molar-refractivity contribution < 1.29 is 24.3 Å². The number of carbonyl (C=O) groups excluding carboxylic acids is 3. The summed E-state index contributed by atoms with van der Waals surface area (Å²) < 4.78 is 0. The van der Waals surface area contributed by atoms with Crippen molar-refractivity contribution in [2.24, 2.45) is 0 Å². The van der Waals surface area contributed by atoms with Crippen molar-refractivity contribution in [1.29, 1.82) is 0 Å². The molecule has 2 N–H and O–H groups in total. The normalized spacial score (nSPS) is 13.9. The van der Waals surface area contributed by atoms with Gasteiger partial charge in [-0.2, -0.15) is 0 Å². The molecule has 1 aliphatic heterocycles. The molecule has 2 rings (SSSR count). The van der Waals surface area contributed by atoms with Gasteiger partial charge in [0, 0.05) is 19.2 Å². The fourth-order valence-electron chi connectivity index (χ4n) is 2.19. The lowest BCUT2D eigenvalue weighted by atomic mass is 10.1. The van der Waals surface area contributed by atoms with Gasteiger partial charge in [0.2, 0.25) is 5.91 Å². The third kappa shape index (κ3) is 4.06. The van der Waals surface area contributed by atoms with E-state index in [-0.39, 0.29) is 37.9 Å². The number of urea groups is 1. The number of hydrogen-bond acceptors (Lipinski definition) is 4. The number of carbonyl (C=O) groups is 4. The summed E-state index contributed by atoms with van der Waals surface area (Å²) in [6.45, 7) is 0.172. The quantitative estimate of drug-likeness (QED) is 0.733. The number of nitrogens with one attached hydrogen (secondary N) is 1. The Kier molecular flexibility index (Phi) is 4.95. The lowest BCUT2D eigenvalue weighted by molar-refractivity contribution is -0.137. The molecule has 1 aromatic carbocycles. The molecule has 0 aliphatic carbocycles. The zero-order chi connectivity index (χ0) is 17.0. The van der Waals surface area contributed by atoms with E-state index in [1.165, 1.54) is 11.9 Å². The highest BCUT2D eigenvalue weighted by atomic mass is 16.4. The molecule has 0 saturated carbocycles. The van der Waals surface area contributed by atoms with Gasteiger partial charge in [-0.25, -0.2) is 4.79 Å². The molecule has 1 heterocycles. The van der Waals surface area contributed by atoms with Crippen LogP contribution in [-0.4, -0.2) is 58.9 Å².